The van der Waals surface area contributed by atoms with E-state index < -0.39 is 0 Å². The molecule has 0 aliphatic heterocycles. The van der Waals surface area contributed by atoms with Crippen molar-refractivity contribution in [3.05, 3.63) is 91.1 Å². The smallest absolute Gasteiger partial charge is 0.132 e. The number of rotatable bonds is 8. The van der Waals surface area contributed by atoms with Gasteiger partial charge in [-0.15, -0.1) is 0 Å². The molecule has 0 aliphatic carbocycles. The van der Waals surface area contributed by atoms with Crippen LogP contribution in [-0.4, -0.2) is 18.2 Å². The number of ether oxygens (including phenoxy) is 2. The van der Waals surface area contributed by atoms with Crippen LogP contribution in [0.2, 0.25) is 0 Å². The predicted molar refractivity (Wildman–Crippen MR) is 127 cm³/mol. The summed E-state index contributed by atoms with van der Waals surface area (Å²) >= 11 is 0. The van der Waals surface area contributed by atoms with Gasteiger partial charge in [-0.25, -0.2) is 0 Å². The van der Waals surface area contributed by atoms with Crippen LogP contribution in [0.1, 0.15) is 13.8 Å². The Hall–Kier alpha value is -3.79. The fourth-order valence-electron chi connectivity index (χ4n) is 3.44. The lowest BCUT2D eigenvalue weighted by molar-refractivity contribution is 0.324. The van der Waals surface area contributed by atoms with E-state index in [9.17, 15) is 0 Å². The SMILES string of the molecule is CCOc1ccc(-c2cc(-c3ccc(Nc4ccccc4)cc3)ccn2)c(OCC)c1. The molecule has 0 aliphatic rings. The van der Waals surface area contributed by atoms with Gasteiger partial charge in [0.25, 0.3) is 0 Å². The molecular weight excluding hydrogens is 384 g/mol. The summed E-state index contributed by atoms with van der Waals surface area (Å²) in [6, 6.07) is 28.6. The number of benzene rings is 3. The van der Waals surface area contributed by atoms with Crippen molar-refractivity contribution in [1.82, 2.24) is 4.98 Å². The highest BCUT2D eigenvalue weighted by Gasteiger charge is 2.11. The largest absolute Gasteiger partial charge is 0.494 e. The second kappa shape index (κ2) is 9.81. The van der Waals surface area contributed by atoms with Crippen molar-refractivity contribution in [1.29, 1.82) is 0 Å². The summed E-state index contributed by atoms with van der Waals surface area (Å²) in [5.41, 5.74) is 6.18. The molecule has 4 heteroatoms. The highest BCUT2D eigenvalue weighted by atomic mass is 16.5. The number of anilines is 2. The van der Waals surface area contributed by atoms with Gasteiger partial charge in [-0.2, -0.15) is 0 Å². The molecule has 0 saturated carbocycles. The molecule has 4 rings (SSSR count). The Kier molecular flexibility index (Phi) is 6.48. The average Bonchev–Trinajstić information content (AvgIpc) is 2.81. The van der Waals surface area contributed by atoms with Crippen molar-refractivity contribution in [2.75, 3.05) is 18.5 Å². The van der Waals surface area contributed by atoms with E-state index in [1.807, 2.05) is 62.5 Å². The normalized spacial score (nSPS) is 10.5. The van der Waals surface area contributed by atoms with Gasteiger partial charge >= 0.3 is 0 Å². The van der Waals surface area contributed by atoms with Crippen molar-refractivity contribution >= 4 is 11.4 Å². The van der Waals surface area contributed by atoms with Gasteiger partial charge in [-0.3, -0.25) is 4.98 Å². The van der Waals surface area contributed by atoms with Crippen LogP contribution in [0.5, 0.6) is 11.5 Å². The minimum Gasteiger partial charge on any atom is -0.494 e. The first-order valence-corrected chi connectivity index (χ1v) is 10.6. The van der Waals surface area contributed by atoms with E-state index in [1.54, 1.807) is 0 Å². The molecule has 0 unspecified atom stereocenters. The average molecular weight is 411 g/mol. The van der Waals surface area contributed by atoms with Gasteiger partial charge in [-0.05, 0) is 73.5 Å². The monoisotopic (exact) mass is 410 g/mol. The molecule has 31 heavy (non-hydrogen) atoms. The van der Waals surface area contributed by atoms with Crippen LogP contribution in [0.4, 0.5) is 11.4 Å². The van der Waals surface area contributed by atoms with Crippen molar-refractivity contribution in [3.63, 3.8) is 0 Å². The summed E-state index contributed by atoms with van der Waals surface area (Å²) in [6.07, 6.45) is 1.84. The first kappa shape index (κ1) is 20.5. The summed E-state index contributed by atoms with van der Waals surface area (Å²) in [5, 5.41) is 3.42. The lowest BCUT2D eigenvalue weighted by Gasteiger charge is -2.13. The van der Waals surface area contributed by atoms with E-state index in [1.165, 1.54) is 0 Å². The van der Waals surface area contributed by atoms with Gasteiger partial charge in [0.15, 0.2) is 0 Å². The van der Waals surface area contributed by atoms with Crippen molar-refractivity contribution in [2.45, 2.75) is 13.8 Å². The zero-order valence-electron chi connectivity index (χ0n) is 17.8. The quantitative estimate of drug-likeness (QED) is 0.341. The third kappa shape index (κ3) is 5.04. The van der Waals surface area contributed by atoms with Crippen LogP contribution in [0, 0.1) is 0 Å². The highest BCUT2D eigenvalue weighted by molar-refractivity contribution is 5.75. The van der Waals surface area contributed by atoms with Crippen LogP contribution in [0.3, 0.4) is 0 Å². The first-order valence-electron chi connectivity index (χ1n) is 10.6. The molecule has 4 aromatic rings. The summed E-state index contributed by atoms with van der Waals surface area (Å²) in [4.78, 5) is 4.59. The third-order valence-electron chi connectivity index (χ3n) is 4.88. The summed E-state index contributed by atoms with van der Waals surface area (Å²) < 4.78 is 11.5. The van der Waals surface area contributed by atoms with Gasteiger partial charge in [0, 0.05) is 29.2 Å². The minimum absolute atomic E-state index is 0.581. The number of hydrogen-bond acceptors (Lipinski definition) is 4. The molecule has 1 heterocycles. The summed E-state index contributed by atoms with van der Waals surface area (Å²) in [6.45, 7) is 5.15. The Morgan fingerprint density at radius 2 is 1.45 bits per heavy atom. The van der Waals surface area contributed by atoms with Crippen LogP contribution in [0.15, 0.2) is 91.1 Å². The number of pyridine rings is 1. The topological polar surface area (TPSA) is 43.4 Å². The Bertz CT molecular complexity index is 1130. The highest BCUT2D eigenvalue weighted by Crippen LogP contribution is 2.34. The fraction of sp³-hybridized carbons (Fsp3) is 0.148. The molecule has 156 valence electrons. The number of nitrogens with one attached hydrogen (secondary N) is 1. The van der Waals surface area contributed by atoms with E-state index in [0.29, 0.717) is 13.2 Å². The molecule has 1 N–H and O–H groups in total. The molecule has 0 radical (unpaired) electrons. The number of para-hydroxylation sites is 1. The van der Waals surface area contributed by atoms with Crippen LogP contribution in [-0.2, 0) is 0 Å². The molecule has 0 atom stereocenters. The molecule has 0 fully saturated rings. The van der Waals surface area contributed by atoms with Gasteiger partial charge in [0.1, 0.15) is 11.5 Å². The van der Waals surface area contributed by atoms with E-state index in [-0.39, 0.29) is 0 Å². The van der Waals surface area contributed by atoms with E-state index in [4.69, 9.17) is 9.47 Å². The summed E-state index contributed by atoms with van der Waals surface area (Å²) in [5.74, 6) is 1.58. The van der Waals surface area contributed by atoms with E-state index >= 15 is 0 Å². The molecule has 0 spiro atoms. The maximum Gasteiger partial charge on any atom is 0.132 e. The zero-order valence-corrected chi connectivity index (χ0v) is 17.8. The molecule has 3 aromatic carbocycles. The number of hydrogen-bond donors (Lipinski definition) is 1. The van der Waals surface area contributed by atoms with Gasteiger partial charge in [-0.1, -0.05) is 30.3 Å². The van der Waals surface area contributed by atoms with Gasteiger partial charge in [0.2, 0.25) is 0 Å². The van der Waals surface area contributed by atoms with E-state index in [2.05, 4.69) is 52.8 Å². The number of nitrogens with zero attached hydrogens (tertiary/aromatic N) is 1. The lowest BCUT2D eigenvalue weighted by Crippen LogP contribution is -1.98. The first-order chi connectivity index (χ1) is 15.3. The molecule has 0 bridgehead atoms. The third-order valence-corrected chi connectivity index (χ3v) is 4.88. The molecule has 0 amide bonds. The predicted octanol–water partition coefficient (Wildman–Crippen LogP) is 6.96. The lowest BCUT2D eigenvalue weighted by atomic mass is 10.0. The van der Waals surface area contributed by atoms with E-state index in [0.717, 1.165) is 45.3 Å². The molecular formula is C27H26N2O2. The maximum absolute atomic E-state index is 5.87. The summed E-state index contributed by atoms with van der Waals surface area (Å²) in [7, 11) is 0. The molecule has 4 nitrogen and oxygen atoms in total. The molecule has 1 aromatic heterocycles. The van der Waals surface area contributed by atoms with Gasteiger partial charge in [0.05, 0.1) is 18.9 Å². The Labute approximate surface area is 183 Å². The van der Waals surface area contributed by atoms with Crippen molar-refractivity contribution < 1.29 is 9.47 Å². The zero-order chi connectivity index (χ0) is 21.5. The fourth-order valence-corrected chi connectivity index (χ4v) is 3.44. The van der Waals surface area contributed by atoms with Crippen LogP contribution < -0.4 is 14.8 Å². The second-order valence-corrected chi connectivity index (χ2v) is 7.02. The van der Waals surface area contributed by atoms with Gasteiger partial charge < -0.3 is 14.8 Å². The van der Waals surface area contributed by atoms with Crippen molar-refractivity contribution in [3.8, 4) is 33.9 Å². The molecule has 0 saturated heterocycles. The van der Waals surface area contributed by atoms with Crippen LogP contribution in [0.25, 0.3) is 22.4 Å². The Morgan fingerprint density at radius 1 is 0.710 bits per heavy atom. The minimum atomic E-state index is 0.581. The van der Waals surface area contributed by atoms with Crippen LogP contribution >= 0.6 is 0 Å². The van der Waals surface area contributed by atoms with Crippen molar-refractivity contribution in [2.24, 2.45) is 0 Å². The number of aromatic nitrogens is 1. The maximum atomic E-state index is 5.87. The Morgan fingerprint density at radius 3 is 2.19 bits per heavy atom. The Balaban J connectivity index is 1.60. The standard InChI is InChI=1S/C27H26N2O2/c1-3-30-24-14-15-25(27(19-24)31-4-2)26-18-21(16-17-28-26)20-10-12-23(13-11-20)29-22-8-6-5-7-9-22/h5-19,29H,3-4H2,1-2H3. The second-order valence-electron chi connectivity index (χ2n) is 7.02.